The summed E-state index contributed by atoms with van der Waals surface area (Å²) in [6.07, 6.45) is 2.74. The van der Waals surface area contributed by atoms with Crippen molar-refractivity contribution in [2.45, 2.75) is 30.9 Å². The van der Waals surface area contributed by atoms with Crippen molar-refractivity contribution in [1.29, 1.82) is 0 Å². The van der Waals surface area contributed by atoms with Crippen LogP contribution in [0.15, 0.2) is 16.3 Å². The Kier molecular flexibility index (Phi) is 6.13. The SMILES string of the molecule is CCC(CSC)N(C)S(=O)(=O)c1ccsc1CO. The molecule has 7 heteroatoms. The zero-order valence-corrected chi connectivity index (χ0v) is 13.2. The van der Waals surface area contributed by atoms with E-state index in [0.717, 1.165) is 12.2 Å². The lowest BCUT2D eigenvalue weighted by atomic mass is 10.3. The van der Waals surface area contributed by atoms with Gasteiger partial charge in [0.25, 0.3) is 0 Å². The van der Waals surface area contributed by atoms with Crippen molar-refractivity contribution in [2.75, 3.05) is 19.1 Å². The number of thioether (sulfide) groups is 1. The summed E-state index contributed by atoms with van der Waals surface area (Å²) in [4.78, 5) is 0.734. The third-order valence-electron chi connectivity index (χ3n) is 2.85. The van der Waals surface area contributed by atoms with E-state index in [9.17, 15) is 13.5 Å². The third kappa shape index (κ3) is 3.27. The van der Waals surface area contributed by atoms with Crippen LogP contribution >= 0.6 is 23.1 Å². The molecule has 1 aromatic heterocycles. The Hall–Kier alpha value is -0.0800. The van der Waals surface area contributed by atoms with E-state index in [0.29, 0.717) is 4.88 Å². The molecule has 1 rings (SSSR count). The lowest BCUT2D eigenvalue weighted by molar-refractivity contribution is 0.282. The van der Waals surface area contributed by atoms with Gasteiger partial charge in [-0.1, -0.05) is 6.92 Å². The lowest BCUT2D eigenvalue weighted by Crippen LogP contribution is -2.38. The van der Waals surface area contributed by atoms with Crippen molar-refractivity contribution in [2.24, 2.45) is 0 Å². The Labute approximate surface area is 117 Å². The van der Waals surface area contributed by atoms with E-state index in [2.05, 4.69) is 0 Å². The fourth-order valence-electron chi connectivity index (χ4n) is 1.70. The number of aliphatic hydroxyl groups is 1. The second-order valence-corrected chi connectivity index (χ2v) is 7.78. The van der Waals surface area contributed by atoms with Crippen molar-refractivity contribution >= 4 is 33.1 Å². The molecule has 0 aliphatic carbocycles. The van der Waals surface area contributed by atoms with E-state index in [1.807, 2.05) is 13.2 Å². The summed E-state index contributed by atoms with van der Waals surface area (Å²) in [6, 6.07) is 1.55. The van der Waals surface area contributed by atoms with Gasteiger partial charge in [-0.15, -0.1) is 11.3 Å². The fraction of sp³-hybridized carbons (Fsp3) is 0.636. The van der Waals surface area contributed by atoms with Gasteiger partial charge in [0.05, 0.1) is 11.5 Å². The number of hydrogen-bond donors (Lipinski definition) is 1. The quantitative estimate of drug-likeness (QED) is 0.837. The first kappa shape index (κ1) is 16.0. The van der Waals surface area contributed by atoms with Crippen LogP contribution in [0.25, 0.3) is 0 Å². The number of aliphatic hydroxyl groups excluding tert-OH is 1. The zero-order chi connectivity index (χ0) is 13.8. The number of nitrogens with zero attached hydrogens (tertiary/aromatic N) is 1. The molecule has 0 bridgehead atoms. The molecule has 1 atom stereocenters. The van der Waals surface area contributed by atoms with Crippen LogP contribution in [0.4, 0.5) is 0 Å². The van der Waals surface area contributed by atoms with Gasteiger partial charge in [0.2, 0.25) is 10.0 Å². The molecule has 0 saturated heterocycles. The number of hydrogen-bond acceptors (Lipinski definition) is 5. The second kappa shape index (κ2) is 6.91. The average Bonchev–Trinajstić information content (AvgIpc) is 2.84. The Morgan fingerprint density at radius 2 is 2.22 bits per heavy atom. The maximum absolute atomic E-state index is 12.5. The van der Waals surface area contributed by atoms with Crippen LogP contribution in [0.3, 0.4) is 0 Å². The summed E-state index contributed by atoms with van der Waals surface area (Å²) >= 11 is 2.90. The molecule has 0 aliphatic heterocycles. The highest BCUT2D eigenvalue weighted by molar-refractivity contribution is 7.98. The van der Waals surface area contributed by atoms with E-state index in [-0.39, 0.29) is 17.5 Å². The van der Waals surface area contributed by atoms with E-state index in [4.69, 9.17) is 0 Å². The third-order valence-corrected chi connectivity index (χ3v) is 6.60. The summed E-state index contributed by atoms with van der Waals surface area (Å²) < 4.78 is 26.3. The van der Waals surface area contributed by atoms with Gasteiger partial charge < -0.3 is 5.11 Å². The normalized spacial score (nSPS) is 14.1. The molecule has 18 heavy (non-hydrogen) atoms. The molecule has 0 amide bonds. The monoisotopic (exact) mass is 309 g/mol. The first-order valence-corrected chi connectivity index (χ1v) is 9.34. The minimum absolute atomic E-state index is 0.0172. The maximum atomic E-state index is 12.5. The molecular formula is C11H19NO3S3. The molecule has 0 aliphatic rings. The molecule has 1 aromatic rings. The van der Waals surface area contributed by atoms with Gasteiger partial charge in [0, 0.05) is 23.7 Å². The van der Waals surface area contributed by atoms with Crippen LogP contribution in [0.5, 0.6) is 0 Å². The van der Waals surface area contributed by atoms with Crippen molar-refractivity contribution < 1.29 is 13.5 Å². The first-order chi connectivity index (χ1) is 8.48. The molecule has 0 spiro atoms. The highest BCUT2D eigenvalue weighted by Gasteiger charge is 2.29. The summed E-state index contributed by atoms with van der Waals surface area (Å²) in [5.41, 5.74) is 0. The fourth-order valence-corrected chi connectivity index (χ4v) is 5.33. The predicted molar refractivity (Wildman–Crippen MR) is 77.7 cm³/mol. The van der Waals surface area contributed by atoms with Crippen LogP contribution in [-0.2, 0) is 16.6 Å². The summed E-state index contributed by atoms with van der Waals surface area (Å²) in [5.74, 6) is 0.769. The van der Waals surface area contributed by atoms with E-state index in [1.165, 1.54) is 15.6 Å². The van der Waals surface area contributed by atoms with Crippen LogP contribution in [-0.4, -0.2) is 42.9 Å². The zero-order valence-electron chi connectivity index (χ0n) is 10.8. The number of rotatable bonds is 7. The van der Waals surface area contributed by atoms with Gasteiger partial charge >= 0.3 is 0 Å². The first-order valence-electron chi connectivity index (χ1n) is 5.63. The molecule has 0 saturated carbocycles. The van der Waals surface area contributed by atoms with Crippen molar-refractivity contribution in [1.82, 2.24) is 4.31 Å². The minimum Gasteiger partial charge on any atom is -0.391 e. The molecule has 0 aromatic carbocycles. The van der Waals surface area contributed by atoms with E-state index >= 15 is 0 Å². The molecule has 1 heterocycles. The average molecular weight is 309 g/mol. The molecule has 1 unspecified atom stereocenters. The number of sulfonamides is 1. The van der Waals surface area contributed by atoms with Gasteiger partial charge in [0.1, 0.15) is 0 Å². The maximum Gasteiger partial charge on any atom is 0.244 e. The van der Waals surface area contributed by atoms with Crippen LogP contribution in [0.1, 0.15) is 18.2 Å². The van der Waals surface area contributed by atoms with E-state index in [1.54, 1.807) is 30.3 Å². The molecule has 104 valence electrons. The number of thiophene rings is 1. The minimum atomic E-state index is -3.50. The van der Waals surface area contributed by atoms with Gasteiger partial charge in [-0.05, 0) is 24.1 Å². The summed E-state index contributed by atoms with van der Waals surface area (Å²) in [7, 11) is -1.89. The van der Waals surface area contributed by atoms with Gasteiger partial charge in [-0.25, -0.2) is 8.42 Å². The lowest BCUT2D eigenvalue weighted by Gasteiger charge is -2.26. The van der Waals surface area contributed by atoms with Crippen molar-refractivity contribution in [3.8, 4) is 0 Å². The second-order valence-electron chi connectivity index (χ2n) is 3.90. The van der Waals surface area contributed by atoms with Crippen molar-refractivity contribution in [3.63, 3.8) is 0 Å². The molecule has 4 nitrogen and oxygen atoms in total. The largest absolute Gasteiger partial charge is 0.391 e. The Bertz CT molecular complexity index is 470. The van der Waals surface area contributed by atoms with E-state index < -0.39 is 10.0 Å². The molecule has 1 N–H and O–H groups in total. The standard InChI is InChI=1S/C11H19NO3S3/c1-4-9(8-16-3)12(2)18(14,15)11-5-6-17-10(11)7-13/h5-6,9,13H,4,7-8H2,1-3H3. The Morgan fingerprint density at radius 1 is 1.56 bits per heavy atom. The topological polar surface area (TPSA) is 57.6 Å². The predicted octanol–water partition coefficient (Wildman–Crippen LogP) is 2.00. The van der Waals surface area contributed by atoms with Gasteiger partial charge in [0.15, 0.2) is 0 Å². The highest BCUT2D eigenvalue weighted by atomic mass is 32.2. The molecule has 0 radical (unpaired) electrons. The van der Waals surface area contributed by atoms with Gasteiger partial charge in [-0.2, -0.15) is 16.1 Å². The summed E-state index contributed by atoms with van der Waals surface area (Å²) in [6.45, 7) is 1.74. The highest BCUT2D eigenvalue weighted by Crippen LogP contribution is 2.26. The van der Waals surface area contributed by atoms with Crippen LogP contribution in [0, 0.1) is 0 Å². The Balaban J connectivity index is 3.06. The summed E-state index contributed by atoms with van der Waals surface area (Å²) in [5, 5.41) is 10.9. The molecular weight excluding hydrogens is 290 g/mol. The van der Waals surface area contributed by atoms with Gasteiger partial charge in [-0.3, -0.25) is 0 Å². The molecule has 0 fully saturated rings. The smallest absolute Gasteiger partial charge is 0.244 e. The Morgan fingerprint density at radius 3 is 2.72 bits per heavy atom. The van der Waals surface area contributed by atoms with Crippen molar-refractivity contribution in [3.05, 3.63) is 16.3 Å². The van der Waals surface area contributed by atoms with Crippen LogP contribution in [0.2, 0.25) is 0 Å². The van der Waals surface area contributed by atoms with Crippen LogP contribution < -0.4 is 0 Å².